The van der Waals surface area contributed by atoms with Gasteiger partial charge in [0, 0.05) is 22.7 Å². The molecule has 0 bridgehead atoms. The molecule has 0 aliphatic heterocycles. The summed E-state index contributed by atoms with van der Waals surface area (Å²) in [6, 6.07) is 16.9. The number of rotatable bonds is 5. The van der Waals surface area contributed by atoms with E-state index in [0.717, 1.165) is 16.8 Å². The number of aromatic nitrogens is 1. The second kappa shape index (κ2) is 9.58. The molecule has 0 spiro atoms. The van der Waals surface area contributed by atoms with Crippen LogP contribution in [0.2, 0.25) is 13.1 Å². The molecule has 0 amide bonds. The van der Waals surface area contributed by atoms with Crippen molar-refractivity contribution in [1.29, 1.82) is 0 Å². The summed E-state index contributed by atoms with van der Waals surface area (Å²) in [4.78, 5) is 0. The van der Waals surface area contributed by atoms with Gasteiger partial charge in [0.05, 0.1) is 8.80 Å². The van der Waals surface area contributed by atoms with Gasteiger partial charge in [-0.25, -0.2) is 4.57 Å². The van der Waals surface area contributed by atoms with Crippen LogP contribution in [0.5, 0.6) is 0 Å². The van der Waals surface area contributed by atoms with Gasteiger partial charge in [-0.2, -0.15) is 0 Å². The fraction of sp³-hybridized carbons (Fsp3) is 0.452. The Morgan fingerprint density at radius 1 is 0.818 bits per heavy atom. The van der Waals surface area contributed by atoms with Gasteiger partial charge in [0.15, 0.2) is 6.20 Å². The van der Waals surface area contributed by atoms with E-state index in [-0.39, 0.29) is 0 Å². The Bertz CT molecular complexity index is 1280. The van der Waals surface area contributed by atoms with E-state index in [1.165, 1.54) is 16.3 Å². The minimum absolute atomic E-state index is 0.413. The van der Waals surface area contributed by atoms with Crippen LogP contribution in [0.3, 0.4) is 0 Å². The van der Waals surface area contributed by atoms with Crippen molar-refractivity contribution >= 4 is 14.0 Å². The van der Waals surface area contributed by atoms with Crippen LogP contribution in [0.4, 0.5) is 0 Å². The van der Waals surface area contributed by atoms with Crippen molar-refractivity contribution in [2.75, 3.05) is 0 Å². The number of hydrogen-bond acceptors (Lipinski definition) is 0. The van der Waals surface area contributed by atoms with Gasteiger partial charge in [-0.15, -0.1) is 0 Å². The van der Waals surface area contributed by atoms with Crippen molar-refractivity contribution in [2.24, 2.45) is 17.9 Å². The molecule has 1 radical (unpaired) electrons. The van der Waals surface area contributed by atoms with Crippen molar-refractivity contribution in [3.05, 3.63) is 71.4 Å². The second-order valence-corrected chi connectivity index (χ2v) is 14.0. The maximum Gasteiger partial charge on any atom is 0.212 e. The van der Waals surface area contributed by atoms with E-state index in [1.807, 2.05) is 71.5 Å². The molecule has 0 aliphatic rings. The van der Waals surface area contributed by atoms with Gasteiger partial charge in [0.1, 0.15) is 7.05 Å². The highest BCUT2D eigenvalue weighted by atomic mass is 28.3. The molecule has 2 aromatic carbocycles. The molecule has 0 unspecified atom stereocenters. The molecule has 1 heterocycles. The third kappa shape index (κ3) is 6.44. The summed E-state index contributed by atoms with van der Waals surface area (Å²) in [5.41, 5.74) is 4.88. The summed E-state index contributed by atoms with van der Waals surface area (Å²) in [6.45, 7) is 18.0. The van der Waals surface area contributed by atoms with Gasteiger partial charge in [-0.3, -0.25) is 0 Å². The zero-order valence-corrected chi connectivity index (χ0v) is 23.1. The van der Waals surface area contributed by atoms with E-state index >= 15 is 0 Å². The van der Waals surface area contributed by atoms with Crippen molar-refractivity contribution in [2.45, 2.75) is 74.3 Å². The number of pyridine rings is 1. The van der Waals surface area contributed by atoms with E-state index in [2.05, 4.69) is 56.4 Å². The molecular formula is C31H43NSi+. The zero-order valence-electron chi connectivity index (χ0n) is 26.1. The first-order valence-electron chi connectivity index (χ1n) is 13.9. The average molecular weight is 462 g/mol. The Morgan fingerprint density at radius 2 is 1.39 bits per heavy atom. The molecule has 1 aromatic heterocycles. The highest BCUT2D eigenvalue weighted by molar-refractivity contribution is 6.72. The average Bonchev–Trinajstić information content (AvgIpc) is 2.77. The van der Waals surface area contributed by atoms with Crippen molar-refractivity contribution < 1.29 is 10.1 Å². The van der Waals surface area contributed by atoms with Gasteiger partial charge in [0.25, 0.3) is 0 Å². The monoisotopic (exact) mass is 461 g/mol. The normalized spacial score (nSPS) is 15.1. The minimum atomic E-state index is -1.75. The lowest BCUT2D eigenvalue weighted by atomic mass is 9.81. The van der Waals surface area contributed by atoms with Gasteiger partial charge in [-0.1, -0.05) is 96.2 Å². The topological polar surface area (TPSA) is 3.88 Å². The summed E-state index contributed by atoms with van der Waals surface area (Å²) < 4.78 is 38.5. The maximum absolute atomic E-state index is 9.19. The van der Waals surface area contributed by atoms with Crippen LogP contribution in [-0.4, -0.2) is 8.80 Å². The van der Waals surface area contributed by atoms with Crippen LogP contribution in [-0.2, 0) is 19.8 Å². The lowest BCUT2D eigenvalue weighted by Crippen LogP contribution is -2.34. The van der Waals surface area contributed by atoms with E-state index in [9.17, 15) is 2.74 Å². The van der Waals surface area contributed by atoms with Crippen LogP contribution in [0, 0.1) is 17.8 Å². The second-order valence-electron chi connectivity index (χ2n) is 11.4. The molecule has 0 aliphatic carbocycles. The molecule has 1 nitrogen and oxygen atoms in total. The van der Waals surface area contributed by atoms with Crippen LogP contribution in [0.15, 0.2) is 54.7 Å². The number of aryl methyl sites for hydroxylation is 2. The smallest absolute Gasteiger partial charge is 0.201 e. The van der Waals surface area contributed by atoms with E-state index in [4.69, 9.17) is 2.74 Å². The number of hydrogen-bond donors (Lipinski definition) is 0. The molecule has 0 fully saturated rings. The SMILES string of the molecule is [2H]C([2H])(c1cc(-c2cc(-c3ccccc3)c([Si](C)C)cc2C)[n+](C)cc1C([2H])([2H])C(C)(C)C)C(C)(C)C. The molecular weight excluding hydrogens is 414 g/mol. The predicted molar refractivity (Wildman–Crippen MR) is 147 cm³/mol. The maximum atomic E-state index is 9.19. The third-order valence-electron chi connectivity index (χ3n) is 5.56. The van der Waals surface area contributed by atoms with Crippen molar-refractivity contribution in [3.63, 3.8) is 0 Å². The fourth-order valence-corrected chi connectivity index (χ4v) is 5.44. The standard InChI is InChI=1S/C31H43NSi/c1-22-16-29(33(9)10)27(23-14-12-11-13-15-23)18-26(22)28-17-24(19-30(2,3)4)25(21-32(28)8)20-31(5,6)7/h11-18,21H,19-20H2,1-10H3/q+1/i19D2,20D2. The summed E-state index contributed by atoms with van der Waals surface area (Å²) >= 11 is 0. The van der Waals surface area contributed by atoms with Crippen LogP contribution >= 0.6 is 0 Å². The summed E-state index contributed by atoms with van der Waals surface area (Å²) in [6.07, 6.45) is -1.65. The lowest BCUT2D eigenvalue weighted by molar-refractivity contribution is -0.660. The molecule has 0 atom stereocenters. The first-order valence-corrected chi connectivity index (χ1v) is 14.4. The highest BCUT2D eigenvalue weighted by Gasteiger charge is 2.25. The Balaban J connectivity index is 2.42. The third-order valence-corrected chi connectivity index (χ3v) is 7.05. The van der Waals surface area contributed by atoms with Crippen LogP contribution < -0.4 is 9.75 Å². The predicted octanol–water partition coefficient (Wildman–Crippen LogP) is 7.29. The Morgan fingerprint density at radius 3 is 1.94 bits per heavy atom. The Kier molecular flexibility index (Phi) is 5.87. The Labute approximate surface area is 210 Å². The largest absolute Gasteiger partial charge is 0.212 e. The Hall–Kier alpha value is -2.19. The van der Waals surface area contributed by atoms with Gasteiger partial charge in [-0.05, 0) is 58.8 Å². The summed E-state index contributed by atoms with van der Waals surface area (Å²) in [5.74, 6) is 0. The molecule has 0 N–H and O–H groups in total. The van der Waals surface area contributed by atoms with Gasteiger partial charge < -0.3 is 0 Å². The van der Waals surface area contributed by atoms with Crippen molar-refractivity contribution in [1.82, 2.24) is 0 Å². The van der Waals surface area contributed by atoms with E-state index < -0.39 is 32.4 Å². The van der Waals surface area contributed by atoms with Gasteiger partial charge in [0.2, 0.25) is 5.69 Å². The lowest BCUT2D eigenvalue weighted by Gasteiger charge is -2.24. The molecule has 33 heavy (non-hydrogen) atoms. The van der Waals surface area contributed by atoms with E-state index in [1.54, 1.807) is 0 Å². The summed E-state index contributed by atoms with van der Waals surface area (Å²) in [5, 5.41) is 1.38. The summed E-state index contributed by atoms with van der Waals surface area (Å²) in [7, 11) is 1.22. The molecule has 3 aromatic rings. The number of benzene rings is 2. The number of nitrogens with zero attached hydrogens (tertiary/aromatic N) is 1. The molecule has 0 saturated carbocycles. The van der Waals surface area contributed by atoms with Gasteiger partial charge >= 0.3 is 0 Å². The quantitative estimate of drug-likeness (QED) is 0.277. The zero-order chi connectivity index (χ0) is 28.1. The molecule has 3 rings (SSSR count). The first-order chi connectivity index (χ1) is 16.8. The molecule has 175 valence electrons. The van der Waals surface area contributed by atoms with Crippen LogP contribution in [0.25, 0.3) is 22.4 Å². The molecule has 2 heteroatoms. The van der Waals surface area contributed by atoms with Crippen LogP contribution in [0.1, 0.15) is 63.7 Å². The van der Waals surface area contributed by atoms with Crippen molar-refractivity contribution in [3.8, 4) is 22.4 Å². The van der Waals surface area contributed by atoms with E-state index in [0.29, 0.717) is 11.1 Å². The highest BCUT2D eigenvalue weighted by Crippen LogP contribution is 2.32. The fourth-order valence-electron chi connectivity index (χ4n) is 4.18. The first kappa shape index (κ1) is 20.2. The minimum Gasteiger partial charge on any atom is -0.201 e. The molecule has 0 saturated heterocycles.